The lowest BCUT2D eigenvalue weighted by Gasteiger charge is -2.37. The molecule has 0 aliphatic carbocycles. The highest BCUT2D eigenvalue weighted by Crippen LogP contribution is 2.30. The lowest BCUT2D eigenvalue weighted by molar-refractivity contribution is 0.341. The molecule has 5 nitrogen and oxygen atoms in total. The van der Waals surface area contributed by atoms with E-state index in [2.05, 4.69) is 31.6 Å². The first-order chi connectivity index (χ1) is 9.51. The number of fused-ring (bicyclic) bond motifs is 1. The first-order valence-corrected chi connectivity index (χ1v) is 6.99. The minimum Gasteiger partial charge on any atom is -0.463 e. The zero-order valence-electron chi connectivity index (χ0n) is 11.2. The number of rotatable bonds is 1. The maximum Gasteiger partial charge on any atom is 0.190 e. The normalized spacial score (nSPS) is 24.4. The second kappa shape index (κ2) is 4.64. The van der Waals surface area contributed by atoms with Crippen LogP contribution in [-0.2, 0) is 5.79 Å². The SMILES string of the molecule is CN=C1C=C(C)NC(N)(c2cc(Br)c3occc3c2)N1. The van der Waals surface area contributed by atoms with Crippen molar-refractivity contribution in [1.82, 2.24) is 10.6 Å². The fourth-order valence-corrected chi connectivity index (χ4v) is 2.92. The van der Waals surface area contributed by atoms with Crippen molar-refractivity contribution in [2.24, 2.45) is 10.7 Å². The molecule has 1 aliphatic heterocycles. The Labute approximate surface area is 125 Å². The molecule has 104 valence electrons. The predicted octanol–water partition coefficient (Wildman–Crippen LogP) is 2.39. The van der Waals surface area contributed by atoms with Crippen molar-refractivity contribution in [3.05, 3.63) is 46.3 Å². The first-order valence-electron chi connectivity index (χ1n) is 6.19. The van der Waals surface area contributed by atoms with Crippen molar-refractivity contribution in [2.75, 3.05) is 7.05 Å². The molecule has 1 aromatic carbocycles. The van der Waals surface area contributed by atoms with Gasteiger partial charge in [0.05, 0.1) is 10.7 Å². The first kappa shape index (κ1) is 13.2. The molecule has 0 fully saturated rings. The maximum atomic E-state index is 6.47. The Hall–Kier alpha value is -1.79. The molecule has 20 heavy (non-hydrogen) atoms. The van der Waals surface area contributed by atoms with Gasteiger partial charge in [0.15, 0.2) is 5.79 Å². The van der Waals surface area contributed by atoms with Gasteiger partial charge in [-0.1, -0.05) is 0 Å². The summed E-state index contributed by atoms with van der Waals surface area (Å²) in [6.07, 6.45) is 3.57. The van der Waals surface area contributed by atoms with Crippen LogP contribution in [0.15, 0.2) is 50.1 Å². The largest absolute Gasteiger partial charge is 0.463 e. The number of benzene rings is 1. The lowest BCUT2D eigenvalue weighted by atomic mass is 10.0. The van der Waals surface area contributed by atoms with E-state index in [1.807, 2.05) is 31.2 Å². The number of nitrogens with zero attached hydrogens (tertiary/aromatic N) is 1. The van der Waals surface area contributed by atoms with Gasteiger partial charge in [0, 0.05) is 23.7 Å². The summed E-state index contributed by atoms with van der Waals surface area (Å²) in [5.74, 6) is -0.158. The average molecular weight is 335 g/mol. The quantitative estimate of drug-likeness (QED) is 0.748. The van der Waals surface area contributed by atoms with Crippen LogP contribution in [0.2, 0.25) is 0 Å². The zero-order valence-corrected chi connectivity index (χ0v) is 12.8. The highest BCUT2D eigenvalue weighted by molar-refractivity contribution is 9.10. The van der Waals surface area contributed by atoms with E-state index in [0.717, 1.165) is 32.5 Å². The molecule has 0 spiro atoms. The number of halogens is 1. The summed E-state index contributed by atoms with van der Waals surface area (Å²) in [5, 5.41) is 7.44. The van der Waals surface area contributed by atoms with Gasteiger partial charge < -0.3 is 15.1 Å². The van der Waals surface area contributed by atoms with Crippen LogP contribution in [0.5, 0.6) is 0 Å². The third kappa shape index (κ3) is 2.10. The van der Waals surface area contributed by atoms with Crippen molar-refractivity contribution in [1.29, 1.82) is 0 Å². The molecule has 2 heterocycles. The van der Waals surface area contributed by atoms with Crippen molar-refractivity contribution < 1.29 is 4.42 Å². The van der Waals surface area contributed by atoms with Crippen LogP contribution in [0.1, 0.15) is 12.5 Å². The Balaban J connectivity index is 2.12. The molecule has 1 aliphatic rings. The van der Waals surface area contributed by atoms with Gasteiger partial charge in [-0.05, 0) is 47.1 Å². The summed E-state index contributed by atoms with van der Waals surface area (Å²) in [6.45, 7) is 1.96. The van der Waals surface area contributed by atoms with E-state index in [0.29, 0.717) is 0 Å². The zero-order chi connectivity index (χ0) is 14.3. The Morgan fingerprint density at radius 2 is 2.15 bits per heavy atom. The maximum absolute atomic E-state index is 6.47. The van der Waals surface area contributed by atoms with Gasteiger partial charge in [-0.2, -0.15) is 0 Å². The molecule has 1 unspecified atom stereocenters. The number of nitrogens with one attached hydrogen (secondary N) is 2. The number of aliphatic imine (C=N–C) groups is 1. The second-order valence-electron chi connectivity index (χ2n) is 4.79. The predicted molar refractivity (Wildman–Crippen MR) is 83.2 cm³/mol. The summed E-state index contributed by atoms with van der Waals surface area (Å²) in [5.41, 5.74) is 9.13. The topological polar surface area (TPSA) is 75.6 Å². The number of nitrogens with two attached hydrogens (primary N) is 1. The van der Waals surface area contributed by atoms with Crippen LogP contribution in [0.4, 0.5) is 0 Å². The third-order valence-electron chi connectivity index (χ3n) is 3.27. The van der Waals surface area contributed by atoms with Crippen molar-refractivity contribution in [3.63, 3.8) is 0 Å². The van der Waals surface area contributed by atoms with E-state index < -0.39 is 5.79 Å². The molecule has 3 rings (SSSR count). The third-order valence-corrected chi connectivity index (χ3v) is 3.86. The lowest BCUT2D eigenvalue weighted by Crippen LogP contribution is -2.64. The molecule has 4 N–H and O–H groups in total. The Bertz CT molecular complexity index is 734. The van der Waals surface area contributed by atoms with Crippen molar-refractivity contribution >= 4 is 32.7 Å². The number of allylic oxidation sites excluding steroid dienone is 1. The smallest absolute Gasteiger partial charge is 0.190 e. The van der Waals surface area contributed by atoms with Gasteiger partial charge in [-0.15, -0.1) is 0 Å². The molecule has 1 atom stereocenters. The highest BCUT2D eigenvalue weighted by atomic mass is 79.9. The standard InChI is InChI=1S/C14H15BrN4O/c1-8-5-12(17-2)19-14(16,18-8)10-6-9-3-4-20-13(9)11(15)7-10/h3-7,18H,16H2,1-2H3,(H,17,19). The van der Waals surface area contributed by atoms with Crippen LogP contribution in [0.25, 0.3) is 11.0 Å². The molecular formula is C14H15BrN4O. The Morgan fingerprint density at radius 3 is 2.90 bits per heavy atom. The summed E-state index contributed by atoms with van der Waals surface area (Å²) in [6, 6.07) is 5.85. The molecule has 0 amide bonds. The van der Waals surface area contributed by atoms with E-state index >= 15 is 0 Å². The molecule has 0 saturated heterocycles. The molecule has 0 saturated carbocycles. The molecule has 0 radical (unpaired) electrons. The van der Waals surface area contributed by atoms with E-state index in [9.17, 15) is 0 Å². The van der Waals surface area contributed by atoms with Gasteiger partial charge in [-0.3, -0.25) is 10.7 Å². The number of hydrogen-bond acceptors (Lipinski definition) is 4. The molecule has 0 bridgehead atoms. The fraction of sp³-hybridized carbons (Fsp3) is 0.214. The highest BCUT2D eigenvalue weighted by Gasteiger charge is 2.31. The van der Waals surface area contributed by atoms with Crippen LogP contribution >= 0.6 is 15.9 Å². The van der Waals surface area contributed by atoms with Gasteiger partial charge in [-0.25, -0.2) is 0 Å². The fourth-order valence-electron chi connectivity index (χ4n) is 2.35. The average Bonchev–Trinajstić information content (AvgIpc) is 2.86. The van der Waals surface area contributed by atoms with Gasteiger partial charge >= 0.3 is 0 Å². The number of hydrogen-bond donors (Lipinski definition) is 3. The van der Waals surface area contributed by atoms with Gasteiger partial charge in [0.2, 0.25) is 0 Å². The van der Waals surface area contributed by atoms with Crippen molar-refractivity contribution in [3.8, 4) is 0 Å². The summed E-state index contributed by atoms with van der Waals surface area (Å²) in [4.78, 5) is 4.17. The van der Waals surface area contributed by atoms with Crippen LogP contribution in [0.3, 0.4) is 0 Å². The summed E-state index contributed by atoms with van der Waals surface area (Å²) in [7, 11) is 1.73. The van der Waals surface area contributed by atoms with E-state index in [1.54, 1.807) is 13.3 Å². The number of furan rings is 1. The van der Waals surface area contributed by atoms with E-state index in [1.165, 1.54) is 0 Å². The minimum atomic E-state index is -0.901. The van der Waals surface area contributed by atoms with E-state index in [4.69, 9.17) is 10.2 Å². The molecule has 1 aromatic heterocycles. The van der Waals surface area contributed by atoms with Crippen LogP contribution in [0, 0.1) is 0 Å². The van der Waals surface area contributed by atoms with Crippen molar-refractivity contribution in [2.45, 2.75) is 12.7 Å². The van der Waals surface area contributed by atoms with Crippen LogP contribution in [-0.4, -0.2) is 12.9 Å². The molecule has 2 aromatic rings. The monoisotopic (exact) mass is 334 g/mol. The van der Waals surface area contributed by atoms with Crippen LogP contribution < -0.4 is 16.4 Å². The minimum absolute atomic E-state index is 0.743. The Morgan fingerprint density at radius 1 is 1.35 bits per heavy atom. The van der Waals surface area contributed by atoms with Gasteiger partial charge in [0.1, 0.15) is 11.4 Å². The molecule has 6 heteroatoms. The summed E-state index contributed by atoms with van der Waals surface area (Å²) < 4.78 is 6.29. The second-order valence-corrected chi connectivity index (χ2v) is 5.65. The van der Waals surface area contributed by atoms with Gasteiger partial charge in [0.25, 0.3) is 0 Å². The molecular weight excluding hydrogens is 320 g/mol. The van der Waals surface area contributed by atoms with E-state index in [-0.39, 0.29) is 0 Å². The Kier molecular flexibility index (Phi) is 3.07. The summed E-state index contributed by atoms with van der Waals surface area (Å²) >= 11 is 3.52. The number of amidine groups is 1.